The highest BCUT2D eigenvalue weighted by Crippen LogP contribution is 2.26. The molecule has 0 heterocycles. The Hall–Kier alpha value is -3.10. The van der Waals surface area contributed by atoms with Crippen LogP contribution in [0.3, 0.4) is 0 Å². The van der Waals surface area contributed by atoms with Gasteiger partial charge in [-0.25, -0.2) is 0 Å². The Labute approximate surface area is 154 Å². The lowest BCUT2D eigenvalue weighted by Gasteiger charge is -2.11. The standard InChI is InChI=1S/C24H22N2/c25-17-26-24-9-5-4-8-23(24)15-18-10-11-22-16-21(13-12-20(22)14-18)19-6-2-1-3-7-19/h1-14,16,26H,15,17,25H2. The van der Waals surface area contributed by atoms with Crippen LogP contribution in [0.1, 0.15) is 11.1 Å². The molecule has 128 valence electrons. The molecule has 0 amide bonds. The quantitative estimate of drug-likeness (QED) is 0.476. The van der Waals surface area contributed by atoms with Crippen LogP contribution in [0.2, 0.25) is 0 Å². The summed E-state index contributed by atoms with van der Waals surface area (Å²) >= 11 is 0. The average molecular weight is 338 g/mol. The van der Waals surface area contributed by atoms with E-state index in [0.29, 0.717) is 6.67 Å². The lowest BCUT2D eigenvalue weighted by molar-refractivity contribution is 1.11. The van der Waals surface area contributed by atoms with Gasteiger partial charge in [0, 0.05) is 5.69 Å². The third kappa shape index (κ3) is 3.46. The number of nitrogens with one attached hydrogen (secondary N) is 1. The minimum atomic E-state index is 0.441. The van der Waals surface area contributed by atoms with Gasteiger partial charge in [0.2, 0.25) is 0 Å². The highest BCUT2D eigenvalue weighted by Gasteiger charge is 2.05. The van der Waals surface area contributed by atoms with Crippen LogP contribution in [-0.2, 0) is 6.42 Å². The summed E-state index contributed by atoms with van der Waals surface area (Å²) in [6.07, 6.45) is 0.888. The molecule has 2 heteroatoms. The van der Waals surface area contributed by atoms with E-state index in [-0.39, 0.29) is 0 Å². The molecule has 0 spiro atoms. The molecule has 0 saturated carbocycles. The molecule has 0 radical (unpaired) electrons. The van der Waals surface area contributed by atoms with Gasteiger partial charge in [0.15, 0.2) is 0 Å². The molecule has 3 N–H and O–H groups in total. The van der Waals surface area contributed by atoms with E-state index in [1.54, 1.807) is 0 Å². The number of hydrogen-bond acceptors (Lipinski definition) is 2. The van der Waals surface area contributed by atoms with Crippen LogP contribution in [0.5, 0.6) is 0 Å². The van der Waals surface area contributed by atoms with Crippen molar-refractivity contribution in [3.05, 3.63) is 102 Å². The van der Waals surface area contributed by atoms with E-state index < -0.39 is 0 Å². The van der Waals surface area contributed by atoms with Gasteiger partial charge >= 0.3 is 0 Å². The third-order valence-corrected chi connectivity index (χ3v) is 4.72. The molecule has 0 bridgehead atoms. The Morgan fingerprint density at radius 1 is 0.654 bits per heavy atom. The minimum Gasteiger partial charge on any atom is -0.372 e. The molecule has 0 unspecified atom stereocenters. The smallest absolute Gasteiger partial charge is 0.0628 e. The van der Waals surface area contributed by atoms with Crippen molar-refractivity contribution in [2.24, 2.45) is 5.73 Å². The lowest BCUT2D eigenvalue weighted by Crippen LogP contribution is -2.12. The number of anilines is 1. The van der Waals surface area contributed by atoms with Gasteiger partial charge in [0.25, 0.3) is 0 Å². The Balaban J connectivity index is 1.64. The van der Waals surface area contributed by atoms with Crippen LogP contribution in [-0.4, -0.2) is 6.67 Å². The monoisotopic (exact) mass is 338 g/mol. The molecule has 0 fully saturated rings. The van der Waals surface area contributed by atoms with E-state index in [0.717, 1.165) is 12.1 Å². The average Bonchev–Trinajstić information content (AvgIpc) is 2.70. The van der Waals surface area contributed by atoms with Crippen molar-refractivity contribution in [3.63, 3.8) is 0 Å². The maximum absolute atomic E-state index is 5.65. The van der Waals surface area contributed by atoms with Crippen molar-refractivity contribution in [1.82, 2.24) is 0 Å². The molecular formula is C24H22N2. The maximum Gasteiger partial charge on any atom is 0.0628 e. The van der Waals surface area contributed by atoms with Gasteiger partial charge in [-0.05, 0) is 51.6 Å². The van der Waals surface area contributed by atoms with E-state index in [2.05, 4.69) is 84.2 Å². The first-order chi connectivity index (χ1) is 12.8. The summed E-state index contributed by atoms with van der Waals surface area (Å²) in [6, 6.07) is 32.2. The van der Waals surface area contributed by atoms with Gasteiger partial charge in [-0.1, -0.05) is 78.9 Å². The van der Waals surface area contributed by atoms with Crippen molar-refractivity contribution in [2.45, 2.75) is 6.42 Å². The second-order valence-corrected chi connectivity index (χ2v) is 6.48. The van der Waals surface area contributed by atoms with E-state index in [1.165, 1.54) is 33.0 Å². The van der Waals surface area contributed by atoms with E-state index in [9.17, 15) is 0 Å². The summed E-state index contributed by atoms with van der Waals surface area (Å²) in [4.78, 5) is 0. The van der Waals surface area contributed by atoms with Crippen molar-refractivity contribution < 1.29 is 0 Å². The van der Waals surface area contributed by atoms with Gasteiger partial charge in [0.1, 0.15) is 0 Å². The van der Waals surface area contributed by atoms with Gasteiger partial charge in [0.05, 0.1) is 6.67 Å². The number of para-hydroxylation sites is 1. The molecule has 4 rings (SSSR count). The molecule has 0 aliphatic carbocycles. The molecule has 0 saturated heterocycles. The first-order valence-corrected chi connectivity index (χ1v) is 8.93. The predicted molar refractivity (Wildman–Crippen MR) is 111 cm³/mol. The number of fused-ring (bicyclic) bond motifs is 1. The van der Waals surface area contributed by atoms with E-state index in [4.69, 9.17) is 5.73 Å². The molecule has 0 aromatic heterocycles. The summed E-state index contributed by atoms with van der Waals surface area (Å²) in [5.74, 6) is 0. The summed E-state index contributed by atoms with van der Waals surface area (Å²) < 4.78 is 0. The Morgan fingerprint density at radius 2 is 1.38 bits per heavy atom. The fourth-order valence-electron chi connectivity index (χ4n) is 3.39. The molecular weight excluding hydrogens is 316 g/mol. The summed E-state index contributed by atoms with van der Waals surface area (Å²) in [6.45, 7) is 0.441. The molecule has 26 heavy (non-hydrogen) atoms. The first-order valence-electron chi connectivity index (χ1n) is 8.93. The fourth-order valence-corrected chi connectivity index (χ4v) is 3.39. The molecule has 4 aromatic rings. The van der Waals surface area contributed by atoms with Gasteiger partial charge < -0.3 is 11.1 Å². The highest BCUT2D eigenvalue weighted by molar-refractivity contribution is 5.88. The number of benzene rings is 4. The first kappa shape index (κ1) is 16.4. The highest BCUT2D eigenvalue weighted by atomic mass is 15.0. The van der Waals surface area contributed by atoms with Crippen molar-refractivity contribution in [2.75, 3.05) is 12.0 Å². The predicted octanol–water partition coefficient (Wildman–Crippen LogP) is 5.43. The van der Waals surface area contributed by atoms with Crippen molar-refractivity contribution in [3.8, 4) is 11.1 Å². The maximum atomic E-state index is 5.65. The Kier molecular flexibility index (Phi) is 4.67. The van der Waals surface area contributed by atoms with E-state index >= 15 is 0 Å². The zero-order valence-electron chi connectivity index (χ0n) is 14.7. The topological polar surface area (TPSA) is 38.0 Å². The number of hydrogen-bond donors (Lipinski definition) is 2. The molecule has 0 aliphatic rings. The van der Waals surface area contributed by atoms with Crippen molar-refractivity contribution >= 4 is 16.5 Å². The number of rotatable bonds is 5. The summed E-state index contributed by atoms with van der Waals surface area (Å²) in [5, 5.41) is 5.77. The van der Waals surface area contributed by atoms with Crippen LogP contribution < -0.4 is 11.1 Å². The Morgan fingerprint density at radius 3 is 2.23 bits per heavy atom. The van der Waals surface area contributed by atoms with Crippen LogP contribution in [0, 0.1) is 0 Å². The largest absolute Gasteiger partial charge is 0.372 e. The normalized spacial score (nSPS) is 10.8. The molecule has 0 aliphatic heterocycles. The second kappa shape index (κ2) is 7.42. The van der Waals surface area contributed by atoms with Crippen LogP contribution >= 0.6 is 0 Å². The van der Waals surface area contributed by atoms with Crippen LogP contribution in [0.4, 0.5) is 5.69 Å². The summed E-state index contributed by atoms with van der Waals surface area (Å²) in [7, 11) is 0. The summed E-state index contributed by atoms with van der Waals surface area (Å²) in [5.41, 5.74) is 11.8. The van der Waals surface area contributed by atoms with Gasteiger partial charge in [-0.2, -0.15) is 0 Å². The second-order valence-electron chi connectivity index (χ2n) is 6.48. The zero-order valence-corrected chi connectivity index (χ0v) is 14.7. The zero-order chi connectivity index (χ0) is 17.8. The lowest BCUT2D eigenvalue weighted by atomic mass is 9.97. The van der Waals surface area contributed by atoms with E-state index in [1.807, 2.05) is 12.1 Å². The SMILES string of the molecule is NCNc1ccccc1Cc1ccc2cc(-c3ccccc3)ccc2c1. The molecule has 2 nitrogen and oxygen atoms in total. The number of nitrogens with two attached hydrogens (primary N) is 1. The van der Waals surface area contributed by atoms with Gasteiger partial charge in [-0.15, -0.1) is 0 Å². The third-order valence-electron chi connectivity index (χ3n) is 4.72. The van der Waals surface area contributed by atoms with Gasteiger partial charge in [-0.3, -0.25) is 0 Å². The van der Waals surface area contributed by atoms with Crippen LogP contribution in [0.15, 0.2) is 91.0 Å². The van der Waals surface area contributed by atoms with Crippen LogP contribution in [0.25, 0.3) is 21.9 Å². The molecule has 4 aromatic carbocycles. The molecule has 0 atom stereocenters. The fraction of sp³-hybridized carbons (Fsp3) is 0.0833. The van der Waals surface area contributed by atoms with Crippen molar-refractivity contribution in [1.29, 1.82) is 0 Å². The Bertz CT molecular complexity index is 1020. The minimum absolute atomic E-state index is 0.441.